The van der Waals surface area contributed by atoms with Gasteiger partial charge in [-0.3, -0.25) is 0 Å². The molecule has 0 amide bonds. The van der Waals surface area contributed by atoms with Crippen molar-refractivity contribution in [1.82, 2.24) is 0 Å². The Morgan fingerprint density at radius 2 is 1.70 bits per heavy atom. The number of hydrogen-bond acceptors (Lipinski definition) is 7. The molecule has 7 nitrogen and oxygen atoms in total. The Morgan fingerprint density at radius 3 is 2.40 bits per heavy atom. The lowest BCUT2D eigenvalue weighted by molar-refractivity contribution is -0.189. The van der Waals surface area contributed by atoms with Crippen LogP contribution in [0.3, 0.4) is 0 Å². The quantitative estimate of drug-likeness (QED) is 0.667. The van der Waals surface area contributed by atoms with Gasteiger partial charge in [0.15, 0.2) is 18.9 Å². The molecule has 0 aliphatic carbocycles. The number of methoxy groups -OCH3 is 2. The van der Waals surface area contributed by atoms with Crippen molar-refractivity contribution in [2.45, 2.75) is 42.6 Å². The smallest absolute Gasteiger partial charge is 0.189 e. The third-order valence-corrected chi connectivity index (χ3v) is 4.02. The van der Waals surface area contributed by atoms with Gasteiger partial charge in [0.2, 0.25) is 0 Å². The molecule has 0 aromatic carbocycles. The molecule has 0 N–H and O–H groups in total. The minimum atomic E-state index is -0.479. The molecule has 0 aromatic heterocycles. The first-order valence-electron chi connectivity index (χ1n) is 6.58. The first kappa shape index (κ1) is 14.9. The summed E-state index contributed by atoms with van der Waals surface area (Å²) in [5, 5.41) is -0.350. The van der Waals surface area contributed by atoms with Crippen LogP contribution in [0.4, 0.5) is 0 Å². The summed E-state index contributed by atoms with van der Waals surface area (Å²) >= 11 is 6.41. The molecule has 0 aromatic rings. The molecular formula is C12H19ClO7. The van der Waals surface area contributed by atoms with E-state index in [-0.39, 0.29) is 30.0 Å². The number of halogens is 1. The molecule has 3 fully saturated rings. The van der Waals surface area contributed by atoms with Crippen LogP contribution in [-0.4, -0.2) is 76.6 Å². The van der Waals surface area contributed by atoms with Crippen molar-refractivity contribution < 1.29 is 33.2 Å². The van der Waals surface area contributed by atoms with Gasteiger partial charge in [-0.2, -0.15) is 0 Å². The van der Waals surface area contributed by atoms with Crippen molar-refractivity contribution >= 4 is 11.6 Å². The van der Waals surface area contributed by atoms with Crippen LogP contribution in [0.25, 0.3) is 0 Å². The second-order valence-electron chi connectivity index (χ2n) is 4.93. The summed E-state index contributed by atoms with van der Waals surface area (Å²) in [6, 6.07) is 0. The zero-order valence-electron chi connectivity index (χ0n) is 11.4. The number of hydrogen-bond donors (Lipinski definition) is 0. The molecule has 0 spiro atoms. The van der Waals surface area contributed by atoms with Gasteiger partial charge in [-0.25, -0.2) is 0 Å². The van der Waals surface area contributed by atoms with E-state index in [0.717, 1.165) is 0 Å². The monoisotopic (exact) mass is 310 g/mol. The van der Waals surface area contributed by atoms with Crippen LogP contribution in [0, 0.1) is 0 Å². The molecule has 3 aliphatic rings. The first-order chi connectivity index (χ1) is 9.72. The average molecular weight is 311 g/mol. The summed E-state index contributed by atoms with van der Waals surface area (Å²) < 4.78 is 38.2. The molecule has 3 rings (SSSR count). The van der Waals surface area contributed by atoms with E-state index in [1.54, 1.807) is 14.2 Å². The lowest BCUT2D eigenvalue weighted by atomic mass is 10.1. The average Bonchev–Trinajstić information content (AvgIpc) is 3.08. The molecule has 116 valence electrons. The van der Waals surface area contributed by atoms with Crippen LogP contribution in [0.15, 0.2) is 0 Å². The molecule has 7 unspecified atom stereocenters. The van der Waals surface area contributed by atoms with Gasteiger partial charge in [0.05, 0.1) is 25.2 Å². The Morgan fingerprint density at radius 1 is 0.950 bits per heavy atom. The summed E-state index contributed by atoms with van der Waals surface area (Å²) in [7, 11) is 3.18. The molecule has 20 heavy (non-hydrogen) atoms. The Balaban J connectivity index is 1.54. The van der Waals surface area contributed by atoms with Gasteiger partial charge in [0, 0.05) is 14.2 Å². The number of ether oxygens (including phenoxy) is 7. The van der Waals surface area contributed by atoms with Crippen molar-refractivity contribution in [2.24, 2.45) is 0 Å². The molecule has 0 bridgehead atoms. The number of fused-ring (bicyclic) bond motifs is 1. The molecule has 3 heterocycles. The number of rotatable bonds is 5. The van der Waals surface area contributed by atoms with Crippen LogP contribution in [0.1, 0.15) is 0 Å². The van der Waals surface area contributed by atoms with Gasteiger partial charge in [0.25, 0.3) is 0 Å². The Hall–Kier alpha value is 0.01000. The van der Waals surface area contributed by atoms with E-state index in [9.17, 15) is 0 Å². The van der Waals surface area contributed by atoms with Crippen LogP contribution in [0.5, 0.6) is 0 Å². The van der Waals surface area contributed by atoms with E-state index < -0.39 is 12.6 Å². The van der Waals surface area contributed by atoms with Crippen LogP contribution in [0.2, 0.25) is 0 Å². The fourth-order valence-electron chi connectivity index (χ4n) is 2.63. The van der Waals surface area contributed by atoms with Crippen LogP contribution >= 0.6 is 11.6 Å². The topological polar surface area (TPSA) is 64.6 Å². The molecule has 0 radical (unpaired) electrons. The summed E-state index contributed by atoms with van der Waals surface area (Å²) in [6.45, 7) is 1.15. The van der Waals surface area contributed by atoms with E-state index in [4.69, 9.17) is 44.8 Å². The minimum absolute atomic E-state index is 0.240. The molecule has 3 aliphatic heterocycles. The molecule has 3 saturated heterocycles. The normalized spacial score (nSPS) is 47.9. The van der Waals surface area contributed by atoms with Crippen LogP contribution < -0.4 is 0 Å². The third kappa shape index (κ3) is 2.82. The van der Waals surface area contributed by atoms with Crippen LogP contribution in [-0.2, 0) is 33.2 Å². The molecular weight excluding hydrogens is 292 g/mol. The van der Waals surface area contributed by atoms with Gasteiger partial charge >= 0.3 is 0 Å². The maximum atomic E-state index is 6.41. The van der Waals surface area contributed by atoms with E-state index in [2.05, 4.69) is 0 Å². The molecule has 7 atom stereocenters. The van der Waals surface area contributed by atoms with E-state index in [1.165, 1.54) is 0 Å². The summed E-state index contributed by atoms with van der Waals surface area (Å²) in [6.07, 6.45) is -2.16. The highest BCUT2D eigenvalue weighted by Gasteiger charge is 2.55. The zero-order chi connectivity index (χ0) is 14.1. The van der Waals surface area contributed by atoms with Gasteiger partial charge in [0.1, 0.15) is 18.3 Å². The largest absolute Gasteiger partial charge is 0.379 e. The fourth-order valence-corrected chi connectivity index (χ4v) is 3.03. The highest BCUT2D eigenvalue weighted by atomic mass is 35.5. The van der Waals surface area contributed by atoms with Gasteiger partial charge in [-0.05, 0) is 0 Å². The maximum Gasteiger partial charge on any atom is 0.189 e. The zero-order valence-corrected chi connectivity index (χ0v) is 12.2. The summed E-state index contributed by atoms with van der Waals surface area (Å²) in [5.41, 5.74) is 0. The van der Waals surface area contributed by atoms with Gasteiger partial charge in [-0.15, -0.1) is 11.6 Å². The highest BCUT2D eigenvalue weighted by Crippen LogP contribution is 2.38. The third-order valence-electron chi connectivity index (χ3n) is 3.53. The van der Waals surface area contributed by atoms with Gasteiger partial charge in [-0.1, -0.05) is 0 Å². The van der Waals surface area contributed by atoms with Crippen molar-refractivity contribution in [3.8, 4) is 0 Å². The molecule has 8 heteroatoms. The summed E-state index contributed by atoms with van der Waals surface area (Å²) in [4.78, 5) is 0. The number of alkyl halides is 1. The Kier molecular flexibility index (Phi) is 4.79. The van der Waals surface area contributed by atoms with Crippen molar-refractivity contribution in [1.29, 1.82) is 0 Å². The first-order valence-corrected chi connectivity index (χ1v) is 7.02. The second kappa shape index (κ2) is 6.41. The van der Waals surface area contributed by atoms with Crippen molar-refractivity contribution in [2.75, 3.05) is 34.0 Å². The minimum Gasteiger partial charge on any atom is -0.379 e. The predicted molar refractivity (Wildman–Crippen MR) is 66.4 cm³/mol. The standard InChI is InChI=1S/C12H19ClO7/c1-14-4-7-16-3-6(17-7)10-9(13)11-12(20-10)19-8(18-11)5-15-2/h6-12H,3-5H2,1-2H3. The Bertz CT molecular complexity index is 331. The van der Waals surface area contributed by atoms with Crippen molar-refractivity contribution in [3.05, 3.63) is 0 Å². The molecule has 0 saturated carbocycles. The Labute approximate surface area is 122 Å². The van der Waals surface area contributed by atoms with Crippen molar-refractivity contribution in [3.63, 3.8) is 0 Å². The highest BCUT2D eigenvalue weighted by molar-refractivity contribution is 6.21. The fraction of sp³-hybridized carbons (Fsp3) is 1.00. The SMILES string of the molecule is COCC1OCC(C2OC3OC(COC)OC3C2Cl)O1. The maximum absolute atomic E-state index is 6.41. The van der Waals surface area contributed by atoms with Gasteiger partial charge < -0.3 is 33.2 Å². The lowest BCUT2D eigenvalue weighted by Crippen LogP contribution is -2.38. The summed E-state index contributed by atoms with van der Waals surface area (Å²) in [5.74, 6) is 0. The van der Waals surface area contributed by atoms with E-state index in [1.807, 2.05) is 0 Å². The predicted octanol–water partition coefficient (Wildman–Crippen LogP) is 0.0945. The lowest BCUT2D eigenvalue weighted by Gasteiger charge is -2.22. The van der Waals surface area contributed by atoms with E-state index in [0.29, 0.717) is 19.8 Å². The second-order valence-corrected chi connectivity index (χ2v) is 5.43. The van der Waals surface area contributed by atoms with E-state index >= 15 is 0 Å².